The van der Waals surface area contributed by atoms with Gasteiger partial charge in [-0.3, -0.25) is 14.9 Å². The average Bonchev–Trinajstić information content (AvgIpc) is 2.83. The van der Waals surface area contributed by atoms with Crippen LogP contribution in [0, 0.1) is 28.4 Å². The van der Waals surface area contributed by atoms with Crippen LogP contribution >= 0.6 is 27.5 Å². The van der Waals surface area contributed by atoms with Crippen LogP contribution in [-0.4, -0.2) is 17.9 Å². The third-order valence-corrected chi connectivity index (χ3v) is 5.87. The Hall–Kier alpha value is -3.87. The molecule has 0 bridgehead atoms. The van der Waals surface area contributed by atoms with Crippen molar-refractivity contribution in [3.63, 3.8) is 0 Å². The maximum atomic E-state index is 12.6. The summed E-state index contributed by atoms with van der Waals surface area (Å²) >= 11 is 9.27. The van der Waals surface area contributed by atoms with E-state index in [0.29, 0.717) is 28.1 Å². The number of amides is 1. The smallest absolute Gasteiger partial charge is 0.289 e. The van der Waals surface area contributed by atoms with Gasteiger partial charge in [-0.2, -0.15) is 5.26 Å². The normalized spacial score (nSPS) is 10.9. The minimum atomic E-state index is -0.737. The molecule has 0 aromatic heterocycles. The van der Waals surface area contributed by atoms with E-state index in [1.165, 1.54) is 25.3 Å². The fourth-order valence-electron chi connectivity index (χ4n) is 3.13. The zero-order chi connectivity index (χ0) is 25.5. The van der Waals surface area contributed by atoms with Crippen LogP contribution in [0.4, 0.5) is 11.4 Å². The standard InChI is InChI=1S/C25H19BrClN3O5/c1-15-5-3-4-6-17(15)14-35-24-20(26)10-16(11-23(24)34-2)9-18(13-28)25(31)29-19-7-8-21(27)22(12-19)30(32)33/h3-12H,14H2,1-2H3,(H,29,31)/b18-9+. The molecule has 10 heteroatoms. The summed E-state index contributed by atoms with van der Waals surface area (Å²) in [5.41, 5.74) is 2.18. The van der Waals surface area contributed by atoms with Crippen LogP contribution in [0.3, 0.4) is 0 Å². The van der Waals surface area contributed by atoms with Crippen LogP contribution in [0.1, 0.15) is 16.7 Å². The van der Waals surface area contributed by atoms with E-state index in [1.807, 2.05) is 37.3 Å². The van der Waals surface area contributed by atoms with Crippen molar-refractivity contribution < 1.29 is 19.2 Å². The number of nitrogens with zero attached hydrogens (tertiary/aromatic N) is 2. The molecular formula is C25H19BrClN3O5. The molecule has 0 fully saturated rings. The molecule has 8 nitrogen and oxygen atoms in total. The first-order valence-corrected chi connectivity index (χ1v) is 11.3. The highest BCUT2D eigenvalue weighted by Crippen LogP contribution is 2.38. The van der Waals surface area contributed by atoms with Gasteiger partial charge < -0.3 is 14.8 Å². The van der Waals surface area contributed by atoms with Crippen LogP contribution in [0.25, 0.3) is 6.08 Å². The van der Waals surface area contributed by atoms with E-state index in [1.54, 1.807) is 12.1 Å². The predicted octanol–water partition coefficient (Wildman–Crippen LogP) is 6.45. The van der Waals surface area contributed by atoms with E-state index in [9.17, 15) is 20.2 Å². The number of rotatable bonds is 8. The Morgan fingerprint density at radius 2 is 2.00 bits per heavy atom. The lowest BCUT2D eigenvalue weighted by atomic mass is 10.1. The highest BCUT2D eigenvalue weighted by molar-refractivity contribution is 9.10. The number of carbonyl (C=O) groups excluding carboxylic acids is 1. The molecule has 0 aliphatic heterocycles. The first-order chi connectivity index (χ1) is 16.7. The van der Waals surface area contributed by atoms with Gasteiger partial charge in [-0.25, -0.2) is 0 Å². The van der Waals surface area contributed by atoms with Gasteiger partial charge in [-0.05, 0) is 69.9 Å². The lowest BCUT2D eigenvalue weighted by molar-refractivity contribution is -0.384. The van der Waals surface area contributed by atoms with E-state index in [4.69, 9.17) is 21.1 Å². The molecule has 3 rings (SSSR count). The Bertz CT molecular complexity index is 1370. The second-order valence-electron chi connectivity index (χ2n) is 7.30. The Morgan fingerprint density at radius 3 is 2.66 bits per heavy atom. The first kappa shape index (κ1) is 25.7. The highest BCUT2D eigenvalue weighted by Gasteiger charge is 2.17. The number of benzene rings is 3. The maximum absolute atomic E-state index is 12.6. The molecule has 3 aromatic rings. The van der Waals surface area contributed by atoms with Crippen LogP contribution < -0.4 is 14.8 Å². The molecule has 0 spiro atoms. The number of nitro groups is 1. The Labute approximate surface area is 215 Å². The SMILES string of the molecule is COc1cc(/C=C(\C#N)C(=O)Nc2ccc(Cl)c([N+](=O)[O-])c2)cc(Br)c1OCc1ccccc1C. The van der Waals surface area contributed by atoms with Crippen LogP contribution in [0.2, 0.25) is 5.02 Å². The van der Waals surface area contributed by atoms with E-state index in [-0.39, 0.29) is 22.0 Å². The Balaban J connectivity index is 1.84. The van der Waals surface area contributed by atoms with Gasteiger partial charge in [0, 0.05) is 11.8 Å². The summed E-state index contributed by atoms with van der Waals surface area (Å²) in [6, 6.07) is 16.8. The second-order valence-corrected chi connectivity index (χ2v) is 8.56. The number of nitriles is 1. The molecule has 0 atom stereocenters. The van der Waals surface area contributed by atoms with E-state index < -0.39 is 10.8 Å². The summed E-state index contributed by atoms with van der Waals surface area (Å²) < 4.78 is 12.0. The summed E-state index contributed by atoms with van der Waals surface area (Å²) in [6.45, 7) is 2.32. The quantitative estimate of drug-likeness (QED) is 0.148. The van der Waals surface area contributed by atoms with Gasteiger partial charge in [0.05, 0.1) is 16.5 Å². The topological polar surface area (TPSA) is 114 Å². The van der Waals surface area contributed by atoms with Crippen molar-refractivity contribution in [3.8, 4) is 17.6 Å². The minimum Gasteiger partial charge on any atom is -0.493 e. The number of hydrogen-bond acceptors (Lipinski definition) is 6. The van der Waals surface area contributed by atoms with Crippen molar-refractivity contribution in [1.29, 1.82) is 5.26 Å². The van der Waals surface area contributed by atoms with Crippen molar-refractivity contribution in [2.75, 3.05) is 12.4 Å². The fraction of sp³-hybridized carbons (Fsp3) is 0.120. The fourth-order valence-corrected chi connectivity index (χ4v) is 3.89. The molecule has 0 saturated carbocycles. The molecule has 3 aromatic carbocycles. The predicted molar refractivity (Wildman–Crippen MR) is 137 cm³/mol. The van der Waals surface area contributed by atoms with Crippen LogP contribution in [0.15, 0.2) is 64.6 Å². The molecule has 1 amide bonds. The summed E-state index contributed by atoms with van der Waals surface area (Å²) in [4.78, 5) is 23.1. The van der Waals surface area contributed by atoms with Crippen molar-refractivity contribution in [2.24, 2.45) is 0 Å². The maximum Gasteiger partial charge on any atom is 0.289 e. The molecule has 178 valence electrons. The van der Waals surface area contributed by atoms with E-state index in [0.717, 1.165) is 17.2 Å². The summed E-state index contributed by atoms with van der Waals surface area (Å²) in [5, 5.41) is 23.0. The van der Waals surface area contributed by atoms with Gasteiger partial charge in [-0.15, -0.1) is 0 Å². The Morgan fingerprint density at radius 1 is 1.26 bits per heavy atom. The largest absolute Gasteiger partial charge is 0.493 e. The zero-order valence-corrected chi connectivity index (χ0v) is 21.0. The van der Waals surface area contributed by atoms with Gasteiger partial charge in [0.1, 0.15) is 23.3 Å². The highest BCUT2D eigenvalue weighted by atomic mass is 79.9. The van der Waals surface area contributed by atoms with E-state index >= 15 is 0 Å². The first-order valence-electron chi connectivity index (χ1n) is 10.2. The van der Waals surface area contributed by atoms with E-state index in [2.05, 4.69) is 21.2 Å². The summed E-state index contributed by atoms with van der Waals surface area (Å²) in [7, 11) is 1.49. The molecule has 0 heterocycles. The number of halogens is 2. The minimum absolute atomic E-state index is 0.0641. The average molecular weight is 557 g/mol. The lowest BCUT2D eigenvalue weighted by Crippen LogP contribution is -2.13. The monoisotopic (exact) mass is 555 g/mol. The van der Waals surface area contributed by atoms with Gasteiger partial charge in [0.15, 0.2) is 11.5 Å². The molecule has 0 aliphatic rings. The van der Waals surface area contributed by atoms with Crippen molar-refractivity contribution in [2.45, 2.75) is 13.5 Å². The number of carbonyl (C=O) groups is 1. The molecule has 0 radical (unpaired) electrons. The number of methoxy groups -OCH3 is 1. The molecule has 0 aliphatic carbocycles. The van der Waals surface area contributed by atoms with Gasteiger partial charge in [-0.1, -0.05) is 35.9 Å². The second kappa shape index (κ2) is 11.5. The lowest BCUT2D eigenvalue weighted by Gasteiger charge is -2.14. The molecular weight excluding hydrogens is 538 g/mol. The molecule has 35 heavy (non-hydrogen) atoms. The zero-order valence-electron chi connectivity index (χ0n) is 18.7. The number of nitrogens with one attached hydrogen (secondary N) is 1. The number of anilines is 1. The van der Waals surface area contributed by atoms with Crippen LogP contribution in [0.5, 0.6) is 11.5 Å². The number of hydrogen-bond donors (Lipinski definition) is 1. The third kappa shape index (κ3) is 6.38. The molecule has 0 saturated heterocycles. The number of ether oxygens (including phenoxy) is 2. The van der Waals surface area contributed by atoms with Gasteiger partial charge >= 0.3 is 0 Å². The number of nitro benzene ring substituents is 1. The van der Waals surface area contributed by atoms with Crippen LogP contribution in [-0.2, 0) is 11.4 Å². The van der Waals surface area contributed by atoms with Crippen molar-refractivity contribution >= 4 is 50.9 Å². The molecule has 0 unspecified atom stereocenters. The number of aryl methyl sites for hydroxylation is 1. The summed E-state index contributed by atoms with van der Waals surface area (Å²) in [6.07, 6.45) is 1.37. The third-order valence-electron chi connectivity index (χ3n) is 4.96. The van der Waals surface area contributed by atoms with Crippen molar-refractivity contribution in [1.82, 2.24) is 0 Å². The summed E-state index contributed by atoms with van der Waals surface area (Å²) in [5.74, 6) is 0.147. The van der Waals surface area contributed by atoms with Crippen molar-refractivity contribution in [3.05, 3.63) is 96.5 Å². The van der Waals surface area contributed by atoms with Gasteiger partial charge in [0.25, 0.3) is 11.6 Å². The van der Waals surface area contributed by atoms with Gasteiger partial charge in [0.2, 0.25) is 0 Å². The Kier molecular flexibility index (Phi) is 8.47. The molecule has 1 N–H and O–H groups in total.